The normalized spacial score (nSPS) is 15.7. The molecule has 0 bridgehead atoms. The molecule has 1 saturated carbocycles. The highest BCUT2D eigenvalue weighted by Gasteiger charge is 2.32. The highest BCUT2D eigenvalue weighted by molar-refractivity contribution is 7.09. The lowest BCUT2D eigenvalue weighted by Crippen LogP contribution is -2.35. The van der Waals surface area contributed by atoms with Gasteiger partial charge in [-0.05, 0) is 71.1 Å². The molecular weight excluding hydrogens is 444 g/mol. The van der Waals surface area contributed by atoms with Gasteiger partial charge in [0.2, 0.25) is 0 Å². The molecule has 4 aromatic rings. The van der Waals surface area contributed by atoms with E-state index in [9.17, 15) is 4.79 Å². The minimum atomic E-state index is -0.0366. The van der Waals surface area contributed by atoms with Crippen LogP contribution in [0.2, 0.25) is 0 Å². The monoisotopic (exact) mass is 476 g/mol. The molecule has 0 saturated heterocycles. The van der Waals surface area contributed by atoms with Gasteiger partial charge >= 0.3 is 0 Å². The molecule has 0 aliphatic heterocycles. The maximum absolute atomic E-state index is 13.1. The second kappa shape index (κ2) is 9.80. The van der Waals surface area contributed by atoms with Crippen LogP contribution in [0.3, 0.4) is 0 Å². The molecule has 1 aliphatic rings. The van der Waals surface area contributed by atoms with Gasteiger partial charge < -0.3 is 4.98 Å². The Balaban J connectivity index is 1.55. The van der Waals surface area contributed by atoms with E-state index in [0.717, 1.165) is 41.7 Å². The van der Waals surface area contributed by atoms with Crippen LogP contribution in [0.5, 0.6) is 0 Å². The SMILES string of the molecule is Cc1ccc2[nH]c(=O)c(CN(Cc3cccs3)[C@H](c3nnnn3C3CCCC3)C(C)C)cc2c1. The predicted octanol–water partition coefficient (Wildman–Crippen LogP) is 5.40. The summed E-state index contributed by atoms with van der Waals surface area (Å²) in [5.41, 5.74) is 2.78. The van der Waals surface area contributed by atoms with E-state index >= 15 is 0 Å². The van der Waals surface area contributed by atoms with Crippen LogP contribution >= 0.6 is 11.3 Å². The van der Waals surface area contributed by atoms with Gasteiger partial charge in [0, 0.05) is 29.0 Å². The zero-order valence-corrected chi connectivity index (χ0v) is 20.9. The number of tetrazole rings is 1. The van der Waals surface area contributed by atoms with Crippen molar-refractivity contribution in [3.8, 4) is 0 Å². The molecule has 1 aromatic carbocycles. The van der Waals surface area contributed by atoms with E-state index in [4.69, 9.17) is 0 Å². The summed E-state index contributed by atoms with van der Waals surface area (Å²) in [4.78, 5) is 19.8. The number of hydrogen-bond donors (Lipinski definition) is 1. The van der Waals surface area contributed by atoms with E-state index in [1.807, 2.05) is 18.2 Å². The third-order valence-electron chi connectivity index (χ3n) is 6.87. The lowest BCUT2D eigenvalue weighted by Gasteiger charge is -2.33. The summed E-state index contributed by atoms with van der Waals surface area (Å²) in [6.07, 6.45) is 4.69. The van der Waals surface area contributed by atoms with E-state index in [-0.39, 0.29) is 17.5 Å². The highest BCUT2D eigenvalue weighted by atomic mass is 32.1. The van der Waals surface area contributed by atoms with Crippen molar-refractivity contribution in [2.45, 2.75) is 71.6 Å². The van der Waals surface area contributed by atoms with Gasteiger partial charge in [0.1, 0.15) is 0 Å². The second-order valence-electron chi connectivity index (χ2n) is 9.81. The highest BCUT2D eigenvalue weighted by Crippen LogP contribution is 2.35. The number of hydrogen-bond acceptors (Lipinski definition) is 6. The van der Waals surface area contributed by atoms with Crippen LogP contribution in [0, 0.1) is 12.8 Å². The Hall–Kier alpha value is -2.84. The zero-order valence-electron chi connectivity index (χ0n) is 20.1. The molecule has 1 N–H and O–H groups in total. The maximum atomic E-state index is 13.1. The third kappa shape index (κ3) is 4.70. The predicted molar refractivity (Wildman–Crippen MR) is 136 cm³/mol. The summed E-state index contributed by atoms with van der Waals surface area (Å²) in [7, 11) is 0. The molecule has 7 nitrogen and oxygen atoms in total. The van der Waals surface area contributed by atoms with Crippen LogP contribution < -0.4 is 5.56 Å². The fourth-order valence-electron chi connectivity index (χ4n) is 5.25. The molecule has 1 atom stereocenters. The lowest BCUT2D eigenvalue weighted by molar-refractivity contribution is 0.124. The summed E-state index contributed by atoms with van der Waals surface area (Å²) in [6, 6.07) is 12.8. The van der Waals surface area contributed by atoms with Crippen molar-refractivity contribution >= 4 is 22.2 Å². The summed E-state index contributed by atoms with van der Waals surface area (Å²) in [5, 5.41) is 16.2. The summed E-state index contributed by atoms with van der Waals surface area (Å²) < 4.78 is 2.06. The average molecular weight is 477 g/mol. The van der Waals surface area contributed by atoms with Crippen molar-refractivity contribution in [1.29, 1.82) is 0 Å². The molecule has 0 amide bonds. The first kappa shape index (κ1) is 22.9. The average Bonchev–Trinajstić information content (AvgIpc) is 3.57. The van der Waals surface area contributed by atoms with Crippen LogP contribution in [0.4, 0.5) is 0 Å². The first-order chi connectivity index (χ1) is 16.5. The Morgan fingerprint density at radius 2 is 2.00 bits per heavy atom. The molecule has 0 spiro atoms. The molecule has 178 valence electrons. The molecule has 1 fully saturated rings. The number of aromatic amines is 1. The topological polar surface area (TPSA) is 79.7 Å². The maximum Gasteiger partial charge on any atom is 0.252 e. The van der Waals surface area contributed by atoms with Gasteiger partial charge in [0.25, 0.3) is 5.56 Å². The van der Waals surface area contributed by atoms with Gasteiger partial charge in [-0.2, -0.15) is 0 Å². The van der Waals surface area contributed by atoms with Crippen LogP contribution in [-0.4, -0.2) is 30.1 Å². The van der Waals surface area contributed by atoms with Crippen molar-refractivity contribution in [2.75, 3.05) is 0 Å². The standard InChI is InChI=1S/C26H32N6OS/c1-17(2)24(25-28-29-30-32(25)21-7-4-5-8-21)31(16-22-9-6-12-34-22)15-20-14-19-13-18(3)10-11-23(19)27-26(20)33/h6,9-14,17,21,24H,4-5,7-8,15-16H2,1-3H3,(H,27,33)/t24-/m0/s1. The van der Waals surface area contributed by atoms with Crippen LogP contribution in [-0.2, 0) is 13.1 Å². The first-order valence-electron chi connectivity index (χ1n) is 12.2. The fourth-order valence-corrected chi connectivity index (χ4v) is 5.98. The van der Waals surface area contributed by atoms with Gasteiger partial charge in [0.15, 0.2) is 5.82 Å². The number of benzene rings is 1. The number of aromatic nitrogens is 5. The molecular formula is C26H32N6OS. The van der Waals surface area contributed by atoms with Crippen LogP contribution in [0.1, 0.15) is 73.4 Å². The Morgan fingerprint density at radius 3 is 2.74 bits per heavy atom. The Morgan fingerprint density at radius 1 is 1.18 bits per heavy atom. The van der Waals surface area contributed by atoms with Crippen molar-refractivity contribution in [1.82, 2.24) is 30.1 Å². The Labute approximate surface area is 203 Å². The van der Waals surface area contributed by atoms with Gasteiger partial charge in [0.05, 0.1) is 12.1 Å². The van der Waals surface area contributed by atoms with Crippen molar-refractivity contribution in [3.63, 3.8) is 0 Å². The summed E-state index contributed by atoms with van der Waals surface area (Å²) >= 11 is 1.74. The van der Waals surface area contributed by atoms with Crippen LogP contribution in [0.15, 0.2) is 46.6 Å². The van der Waals surface area contributed by atoms with Gasteiger partial charge in [-0.1, -0.05) is 44.4 Å². The number of H-pyrrole nitrogens is 1. The second-order valence-corrected chi connectivity index (χ2v) is 10.8. The lowest BCUT2D eigenvalue weighted by atomic mass is 9.99. The van der Waals surface area contributed by atoms with E-state index in [1.54, 1.807) is 11.3 Å². The molecule has 3 aromatic heterocycles. The number of nitrogens with one attached hydrogen (secondary N) is 1. The largest absolute Gasteiger partial charge is 0.322 e. The Bertz CT molecular complexity index is 1300. The number of rotatable bonds is 8. The van der Waals surface area contributed by atoms with Crippen molar-refractivity contribution in [3.05, 3.63) is 74.0 Å². The number of thiophene rings is 1. The molecule has 8 heteroatoms. The summed E-state index contributed by atoms with van der Waals surface area (Å²) in [6.45, 7) is 7.77. The van der Waals surface area contributed by atoms with E-state index in [2.05, 4.69) is 74.4 Å². The molecule has 34 heavy (non-hydrogen) atoms. The van der Waals surface area contributed by atoms with Gasteiger partial charge in [-0.15, -0.1) is 16.4 Å². The third-order valence-corrected chi connectivity index (χ3v) is 7.73. The molecule has 3 heterocycles. The van der Waals surface area contributed by atoms with Gasteiger partial charge in [-0.25, -0.2) is 4.68 Å². The molecule has 1 aliphatic carbocycles. The molecule has 0 radical (unpaired) electrons. The minimum Gasteiger partial charge on any atom is -0.322 e. The number of aryl methyl sites for hydroxylation is 1. The van der Waals surface area contributed by atoms with Crippen LogP contribution in [0.25, 0.3) is 10.9 Å². The molecule has 0 unspecified atom stereocenters. The summed E-state index contributed by atoms with van der Waals surface area (Å²) in [5.74, 6) is 1.18. The number of nitrogens with zero attached hydrogens (tertiary/aromatic N) is 5. The molecule has 5 rings (SSSR count). The number of fused-ring (bicyclic) bond motifs is 1. The quantitative estimate of drug-likeness (QED) is 0.368. The van der Waals surface area contributed by atoms with E-state index in [0.29, 0.717) is 12.6 Å². The first-order valence-corrected chi connectivity index (χ1v) is 13.0. The van der Waals surface area contributed by atoms with E-state index < -0.39 is 0 Å². The smallest absolute Gasteiger partial charge is 0.252 e. The van der Waals surface area contributed by atoms with Crippen molar-refractivity contribution < 1.29 is 0 Å². The van der Waals surface area contributed by atoms with Crippen molar-refractivity contribution in [2.24, 2.45) is 5.92 Å². The Kier molecular flexibility index (Phi) is 6.61. The minimum absolute atomic E-state index is 0.00898. The van der Waals surface area contributed by atoms with E-state index in [1.165, 1.54) is 23.3 Å². The number of pyridine rings is 1. The van der Waals surface area contributed by atoms with Gasteiger partial charge in [-0.3, -0.25) is 9.69 Å². The zero-order chi connectivity index (χ0) is 23.7. The fraction of sp³-hybridized carbons (Fsp3) is 0.462.